The smallest absolute Gasteiger partial charge is 0.170 e. The SMILES string of the molecule is O=[SH](=O)c1c[nH]c2cc(Br)ccc12. The first-order valence-electron chi connectivity index (χ1n) is 3.59. The van der Waals surface area contributed by atoms with E-state index in [1.54, 1.807) is 6.07 Å². The summed E-state index contributed by atoms with van der Waals surface area (Å²) in [7, 11) is -2.51. The molecule has 1 heterocycles. The molecule has 2 aromatic rings. The van der Waals surface area contributed by atoms with Crippen molar-refractivity contribution in [1.82, 2.24) is 4.98 Å². The van der Waals surface area contributed by atoms with E-state index in [2.05, 4.69) is 20.9 Å². The van der Waals surface area contributed by atoms with Gasteiger partial charge < -0.3 is 4.98 Å². The Kier molecular flexibility index (Phi) is 2.13. The van der Waals surface area contributed by atoms with E-state index in [0.29, 0.717) is 4.90 Å². The molecule has 0 unspecified atom stereocenters. The molecule has 0 saturated carbocycles. The van der Waals surface area contributed by atoms with E-state index >= 15 is 0 Å². The summed E-state index contributed by atoms with van der Waals surface area (Å²) in [5, 5.41) is 0.735. The first-order valence-corrected chi connectivity index (χ1v) is 5.56. The normalized spacial score (nSPS) is 11.2. The average Bonchev–Trinajstić information content (AvgIpc) is 2.46. The van der Waals surface area contributed by atoms with Gasteiger partial charge in [-0.2, -0.15) is 0 Å². The molecule has 0 atom stereocenters. The van der Waals surface area contributed by atoms with Crippen LogP contribution in [0, 0.1) is 0 Å². The van der Waals surface area contributed by atoms with Gasteiger partial charge in [0.25, 0.3) is 0 Å². The van der Waals surface area contributed by atoms with Crippen LogP contribution in [0.2, 0.25) is 0 Å². The Hall–Kier alpha value is -0.810. The predicted molar refractivity (Wildman–Crippen MR) is 54.6 cm³/mol. The molecule has 3 nitrogen and oxygen atoms in total. The zero-order valence-corrected chi connectivity index (χ0v) is 8.93. The minimum atomic E-state index is -2.51. The molecule has 13 heavy (non-hydrogen) atoms. The summed E-state index contributed by atoms with van der Waals surface area (Å²) < 4.78 is 22.5. The Balaban J connectivity index is 2.83. The Bertz CT molecular complexity index is 522. The average molecular weight is 260 g/mol. The number of benzene rings is 1. The molecule has 2 rings (SSSR count). The van der Waals surface area contributed by atoms with Crippen LogP contribution in [0.25, 0.3) is 10.9 Å². The van der Waals surface area contributed by atoms with Gasteiger partial charge in [0.1, 0.15) is 0 Å². The third-order valence-electron chi connectivity index (χ3n) is 1.82. The lowest BCUT2D eigenvalue weighted by atomic mass is 10.2. The first kappa shape index (κ1) is 8.77. The summed E-state index contributed by atoms with van der Waals surface area (Å²) >= 11 is 3.31. The number of hydrogen-bond donors (Lipinski definition) is 2. The van der Waals surface area contributed by atoms with Gasteiger partial charge in [0.05, 0.1) is 4.90 Å². The van der Waals surface area contributed by atoms with Crippen LogP contribution in [0.3, 0.4) is 0 Å². The fraction of sp³-hybridized carbons (Fsp3) is 0. The highest BCUT2D eigenvalue weighted by atomic mass is 79.9. The molecule has 0 bridgehead atoms. The van der Waals surface area contributed by atoms with Gasteiger partial charge in [-0.05, 0) is 12.1 Å². The van der Waals surface area contributed by atoms with Crippen molar-refractivity contribution in [2.75, 3.05) is 0 Å². The van der Waals surface area contributed by atoms with Crippen molar-refractivity contribution >= 4 is 37.5 Å². The quantitative estimate of drug-likeness (QED) is 0.769. The lowest BCUT2D eigenvalue weighted by Gasteiger charge is -1.91. The summed E-state index contributed by atoms with van der Waals surface area (Å²) in [6.45, 7) is 0. The van der Waals surface area contributed by atoms with Crippen molar-refractivity contribution in [3.05, 3.63) is 28.9 Å². The number of H-pyrrole nitrogens is 1. The molecular weight excluding hydrogens is 254 g/mol. The van der Waals surface area contributed by atoms with Gasteiger partial charge in [0, 0.05) is 21.6 Å². The molecule has 0 aliphatic heterocycles. The molecule has 0 amide bonds. The van der Waals surface area contributed by atoms with Crippen LogP contribution >= 0.6 is 15.9 Å². The molecule has 1 aromatic heterocycles. The van der Waals surface area contributed by atoms with Crippen LogP contribution < -0.4 is 0 Å². The van der Waals surface area contributed by atoms with Gasteiger partial charge in [0.15, 0.2) is 10.7 Å². The van der Waals surface area contributed by atoms with Crippen molar-refractivity contribution in [1.29, 1.82) is 0 Å². The standard InChI is InChI=1S/C8H6BrNO2S/c9-5-1-2-6-7(3-5)10-4-8(6)13(11)12/h1-4,10,13H. The molecule has 0 saturated heterocycles. The zero-order chi connectivity index (χ0) is 9.42. The van der Waals surface area contributed by atoms with Crippen molar-refractivity contribution in [3.63, 3.8) is 0 Å². The van der Waals surface area contributed by atoms with E-state index in [9.17, 15) is 8.42 Å². The molecular formula is C8H6BrNO2S. The summed E-state index contributed by atoms with van der Waals surface area (Å²) in [6.07, 6.45) is 1.50. The highest BCUT2D eigenvalue weighted by Crippen LogP contribution is 2.22. The molecule has 0 fully saturated rings. The number of hydrogen-bond acceptors (Lipinski definition) is 2. The second kappa shape index (κ2) is 3.16. The minimum absolute atomic E-state index is 0.345. The van der Waals surface area contributed by atoms with Crippen LogP contribution in [-0.4, -0.2) is 13.4 Å². The molecule has 0 spiro atoms. The highest BCUT2D eigenvalue weighted by molar-refractivity contribution is 9.10. The van der Waals surface area contributed by atoms with Gasteiger partial charge in [-0.15, -0.1) is 0 Å². The van der Waals surface area contributed by atoms with E-state index in [0.717, 1.165) is 15.4 Å². The number of aromatic nitrogens is 1. The number of nitrogens with one attached hydrogen (secondary N) is 1. The molecule has 0 aliphatic rings. The van der Waals surface area contributed by atoms with Crippen LogP contribution in [0.5, 0.6) is 0 Å². The lowest BCUT2D eigenvalue weighted by molar-refractivity contribution is 0.615. The van der Waals surface area contributed by atoms with Crippen LogP contribution in [0.15, 0.2) is 33.8 Å². The number of thiol groups is 1. The minimum Gasteiger partial charge on any atom is -0.360 e. The third-order valence-corrected chi connectivity index (χ3v) is 3.08. The van der Waals surface area contributed by atoms with E-state index in [-0.39, 0.29) is 0 Å². The zero-order valence-electron chi connectivity index (χ0n) is 6.45. The summed E-state index contributed by atoms with van der Waals surface area (Å²) in [5.74, 6) is 0. The Morgan fingerprint density at radius 2 is 2.08 bits per heavy atom. The van der Waals surface area contributed by atoms with Crippen LogP contribution in [0.1, 0.15) is 0 Å². The second-order valence-corrected chi connectivity index (χ2v) is 4.53. The van der Waals surface area contributed by atoms with Crippen molar-refractivity contribution in [2.24, 2.45) is 0 Å². The summed E-state index contributed by atoms with van der Waals surface area (Å²) in [5.41, 5.74) is 0.823. The summed E-state index contributed by atoms with van der Waals surface area (Å²) in [6, 6.07) is 5.44. The van der Waals surface area contributed by atoms with E-state index in [1.807, 2.05) is 12.1 Å². The van der Waals surface area contributed by atoms with E-state index in [1.165, 1.54) is 6.20 Å². The van der Waals surface area contributed by atoms with Crippen molar-refractivity contribution in [2.45, 2.75) is 4.90 Å². The molecule has 0 radical (unpaired) electrons. The number of fused-ring (bicyclic) bond motifs is 1. The largest absolute Gasteiger partial charge is 0.360 e. The Morgan fingerprint density at radius 3 is 2.77 bits per heavy atom. The van der Waals surface area contributed by atoms with Gasteiger partial charge in [-0.3, -0.25) is 0 Å². The van der Waals surface area contributed by atoms with E-state index in [4.69, 9.17) is 0 Å². The maximum absolute atomic E-state index is 10.8. The second-order valence-electron chi connectivity index (χ2n) is 2.62. The predicted octanol–water partition coefficient (Wildman–Crippen LogP) is 1.90. The fourth-order valence-electron chi connectivity index (χ4n) is 1.23. The van der Waals surface area contributed by atoms with Gasteiger partial charge >= 0.3 is 0 Å². The first-order chi connectivity index (χ1) is 6.18. The Morgan fingerprint density at radius 1 is 1.31 bits per heavy atom. The maximum Gasteiger partial charge on any atom is 0.170 e. The topological polar surface area (TPSA) is 49.9 Å². The number of aromatic amines is 1. The van der Waals surface area contributed by atoms with Crippen molar-refractivity contribution < 1.29 is 8.42 Å². The third kappa shape index (κ3) is 1.49. The molecule has 68 valence electrons. The Labute approximate surface area is 84.8 Å². The monoisotopic (exact) mass is 259 g/mol. The van der Waals surface area contributed by atoms with Gasteiger partial charge in [0.2, 0.25) is 0 Å². The van der Waals surface area contributed by atoms with Gasteiger partial charge in [-0.1, -0.05) is 22.0 Å². The lowest BCUT2D eigenvalue weighted by Crippen LogP contribution is -1.75. The van der Waals surface area contributed by atoms with Gasteiger partial charge in [-0.25, -0.2) is 8.42 Å². The molecule has 0 aliphatic carbocycles. The number of halogens is 1. The van der Waals surface area contributed by atoms with Crippen LogP contribution in [-0.2, 0) is 10.7 Å². The fourth-order valence-corrected chi connectivity index (χ4v) is 2.16. The highest BCUT2D eigenvalue weighted by Gasteiger charge is 2.04. The van der Waals surface area contributed by atoms with Crippen LogP contribution in [0.4, 0.5) is 0 Å². The molecule has 1 N–H and O–H groups in total. The molecule has 1 aromatic carbocycles. The maximum atomic E-state index is 10.8. The van der Waals surface area contributed by atoms with E-state index < -0.39 is 10.7 Å². The molecule has 5 heteroatoms. The number of rotatable bonds is 1. The van der Waals surface area contributed by atoms with Crippen molar-refractivity contribution in [3.8, 4) is 0 Å². The summed E-state index contributed by atoms with van der Waals surface area (Å²) in [4.78, 5) is 3.24.